The lowest BCUT2D eigenvalue weighted by Crippen LogP contribution is -2.32. The van der Waals surface area contributed by atoms with E-state index < -0.39 is 5.56 Å². The highest BCUT2D eigenvalue weighted by molar-refractivity contribution is 6.42. The van der Waals surface area contributed by atoms with Gasteiger partial charge < -0.3 is 11.2 Å². The van der Waals surface area contributed by atoms with Gasteiger partial charge in [-0.05, 0) is 25.1 Å². The molecule has 2 rings (SSSR count). The third-order valence-electron chi connectivity index (χ3n) is 2.23. The summed E-state index contributed by atoms with van der Waals surface area (Å²) in [5, 5.41) is 11.1. The lowest BCUT2D eigenvalue weighted by atomic mass is 10.3. The molecule has 0 fully saturated rings. The van der Waals surface area contributed by atoms with E-state index in [1.165, 1.54) is 6.92 Å². The molecule has 3 N–H and O–H groups in total. The topological polar surface area (TPSA) is 85.8 Å². The maximum Gasteiger partial charge on any atom is 0.295 e. The molecular formula is C10H9Cl2N5O. The Morgan fingerprint density at radius 1 is 1.28 bits per heavy atom. The van der Waals surface area contributed by atoms with Crippen LogP contribution in [0.25, 0.3) is 0 Å². The molecule has 0 aliphatic heterocycles. The zero-order chi connectivity index (χ0) is 13.3. The number of hydrogen-bond donors (Lipinski definition) is 2. The molecule has 0 radical (unpaired) electrons. The SMILES string of the molecule is Cc1nnc(Nc2ccc(Cl)c(Cl)c2)n(N)c1=O. The summed E-state index contributed by atoms with van der Waals surface area (Å²) >= 11 is 11.7. The Bertz CT molecular complexity index is 655. The Labute approximate surface area is 112 Å². The van der Waals surface area contributed by atoms with E-state index in [9.17, 15) is 4.79 Å². The van der Waals surface area contributed by atoms with Gasteiger partial charge in [-0.1, -0.05) is 23.2 Å². The second-order valence-corrected chi connectivity index (χ2v) is 4.35. The predicted molar refractivity (Wildman–Crippen MR) is 70.9 cm³/mol. The number of aromatic nitrogens is 3. The standard InChI is InChI=1S/C10H9Cl2N5O/c1-5-9(18)17(13)10(16-15-5)14-6-2-3-7(11)8(12)4-6/h2-4H,13H2,1H3,(H,14,16). The molecule has 0 saturated carbocycles. The average molecular weight is 286 g/mol. The van der Waals surface area contributed by atoms with Gasteiger partial charge >= 0.3 is 0 Å². The van der Waals surface area contributed by atoms with Gasteiger partial charge in [-0.2, -0.15) is 4.68 Å². The molecule has 94 valence electrons. The second kappa shape index (κ2) is 4.83. The molecule has 0 saturated heterocycles. The minimum atomic E-state index is -0.424. The minimum Gasteiger partial charge on any atom is -0.333 e. The largest absolute Gasteiger partial charge is 0.333 e. The van der Waals surface area contributed by atoms with E-state index in [1.807, 2.05) is 0 Å². The van der Waals surface area contributed by atoms with E-state index in [4.69, 9.17) is 29.0 Å². The van der Waals surface area contributed by atoms with Crippen LogP contribution >= 0.6 is 23.2 Å². The number of anilines is 2. The van der Waals surface area contributed by atoms with E-state index in [1.54, 1.807) is 18.2 Å². The Balaban J connectivity index is 2.37. The number of hydrogen-bond acceptors (Lipinski definition) is 5. The fraction of sp³-hybridized carbons (Fsp3) is 0.100. The number of benzene rings is 1. The quantitative estimate of drug-likeness (QED) is 0.821. The number of nitrogens with two attached hydrogens (primary N) is 1. The van der Waals surface area contributed by atoms with E-state index in [0.29, 0.717) is 15.7 Å². The van der Waals surface area contributed by atoms with Crippen LogP contribution in [-0.2, 0) is 0 Å². The van der Waals surface area contributed by atoms with Gasteiger partial charge in [0, 0.05) is 5.69 Å². The normalized spacial score (nSPS) is 10.4. The molecule has 1 aromatic carbocycles. The first-order chi connectivity index (χ1) is 8.49. The third-order valence-corrected chi connectivity index (χ3v) is 2.97. The van der Waals surface area contributed by atoms with Crippen LogP contribution in [-0.4, -0.2) is 14.9 Å². The first kappa shape index (κ1) is 12.7. The number of aryl methyl sites for hydroxylation is 1. The van der Waals surface area contributed by atoms with Crippen LogP contribution in [0.4, 0.5) is 11.6 Å². The summed E-state index contributed by atoms with van der Waals surface area (Å²) in [4.78, 5) is 11.5. The average Bonchev–Trinajstić information content (AvgIpc) is 2.34. The van der Waals surface area contributed by atoms with Crippen molar-refractivity contribution in [3.63, 3.8) is 0 Å². The summed E-state index contributed by atoms with van der Waals surface area (Å²) in [5.74, 6) is 5.69. The van der Waals surface area contributed by atoms with Gasteiger partial charge in [0.1, 0.15) is 5.69 Å². The predicted octanol–water partition coefficient (Wildman–Crippen LogP) is 1.71. The second-order valence-electron chi connectivity index (χ2n) is 3.54. The smallest absolute Gasteiger partial charge is 0.295 e. The van der Waals surface area contributed by atoms with Gasteiger partial charge in [0.25, 0.3) is 5.56 Å². The Morgan fingerprint density at radius 3 is 2.67 bits per heavy atom. The van der Waals surface area contributed by atoms with Crippen molar-refractivity contribution in [2.75, 3.05) is 11.2 Å². The third kappa shape index (κ3) is 2.39. The Hall–Kier alpha value is -1.79. The number of nitrogens with zero attached hydrogens (tertiary/aromatic N) is 3. The van der Waals surface area contributed by atoms with Crippen LogP contribution in [0.2, 0.25) is 10.0 Å². The van der Waals surface area contributed by atoms with E-state index >= 15 is 0 Å². The highest BCUT2D eigenvalue weighted by Gasteiger charge is 2.07. The van der Waals surface area contributed by atoms with Crippen molar-refractivity contribution < 1.29 is 0 Å². The number of nitrogen functional groups attached to an aromatic ring is 1. The van der Waals surface area contributed by atoms with Crippen LogP contribution in [0.3, 0.4) is 0 Å². The summed E-state index contributed by atoms with van der Waals surface area (Å²) in [6.45, 7) is 1.53. The summed E-state index contributed by atoms with van der Waals surface area (Å²) in [5.41, 5.74) is 0.394. The van der Waals surface area contributed by atoms with Crippen LogP contribution in [0.15, 0.2) is 23.0 Å². The maximum atomic E-state index is 11.5. The van der Waals surface area contributed by atoms with Crippen molar-refractivity contribution in [2.24, 2.45) is 0 Å². The summed E-state index contributed by atoms with van der Waals surface area (Å²) in [6, 6.07) is 4.89. The Morgan fingerprint density at radius 2 is 2.00 bits per heavy atom. The molecule has 2 aromatic rings. The van der Waals surface area contributed by atoms with Crippen molar-refractivity contribution in [3.8, 4) is 0 Å². The molecular weight excluding hydrogens is 277 g/mol. The molecule has 8 heteroatoms. The van der Waals surface area contributed by atoms with Crippen LogP contribution < -0.4 is 16.7 Å². The monoisotopic (exact) mass is 285 g/mol. The lowest BCUT2D eigenvalue weighted by molar-refractivity contribution is 0.808. The summed E-state index contributed by atoms with van der Waals surface area (Å²) < 4.78 is 0.880. The van der Waals surface area contributed by atoms with E-state index in [0.717, 1.165) is 4.68 Å². The molecule has 1 aromatic heterocycles. The molecule has 0 atom stereocenters. The molecule has 0 bridgehead atoms. The number of nitrogens with one attached hydrogen (secondary N) is 1. The van der Waals surface area contributed by atoms with Gasteiger partial charge in [-0.3, -0.25) is 4.79 Å². The fourth-order valence-corrected chi connectivity index (χ4v) is 1.57. The molecule has 0 aliphatic rings. The molecule has 18 heavy (non-hydrogen) atoms. The van der Waals surface area contributed by atoms with Crippen LogP contribution in [0.5, 0.6) is 0 Å². The lowest BCUT2D eigenvalue weighted by Gasteiger charge is -2.09. The Kier molecular flexibility index (Phi) is 3.40. The zero-order valence-corrected chi connectivity index (χ0v) is 10.8. The van der Waals surface area contributed by atoms with E-state index in [-0.39, 0.29) is 11.6 Å². The first-order valence-corrected chi connectivity index (χ1v) is 5.68. The number of rotatable bonds is 2. The molecule has 0 unspecified atom stereocenters. The van der Waals surface area contributed by atoms with Crippen molar-refractivity contribution >= 4 is 34.8 Å². The highest BCUT2D eigenvalue weighted by Crippen LogP contribution is 2.25. The summed E-state index contributed by atoms with van der Waals surface area (Å²) in [7, 11) is 0. The van der Waals surface area contributed by atoms with Crippen molar-refractivity contribution in [2.45, 2.75) is 6.92 Å². The van der Waals surface area contributed by atoms with Crippen molar-refractivity contribution in [3.05, 3.63) is 44.3 Å². The summed E-state index contributed by atoms with van der Waals surface area (Å²) in [6.07, 6.45) is 0. The van der Waals surface area contributed by atoms with Gasteiger partial charge in [0.2, 0.25) is 5.95 Å². The van der Waals surface area contributed by atoms with Crippen LogP contribution in [0.1, 0.15) is 5.69 Å². The molecule has 0 spiro atoms. The fourth-order valence-electron chi connectivity index (χ4n) is 1.27. The zero-order valence-electron chi connectivity index (χ0n) is 9.32. The maximum absolute atomic E-state index is 11.5. The van der Waals surface area contributed by atoms with Gasteiger partial charge in [0.05, 0.1) is 10.0 Å². The number of halogens is 2. The minimum absolute atomic E-state index is 0.115. The van der Waals surface area contributed by atoms with Crippen molar-refractivity contribution in [1.82, 2.24) is 14.9 Å². The van der Waals surface area contributed by atoms with E-state index in [2.05, 4.69) is 15.5 Å². The van der Waals surface area contributed by atoms with Crippen molar-refractivity contribution in [1.29, 1.82) is 0 Å². The van der Waals surface area contributed by atoms with Gasteiger partial charge in [-0.15, -0.1) is 10.2 Å². The molecule has 0 aliphatic carbocycles. The molecule has 6 nitrogen and oxygen atoms in total. The highest BCUT2D eigenvalue weighted by atomic mass is 35.5. The molecule has 0 amide bonds. The van der Waals surface area contributed by atoms with Crippen LogP contribution in [0, 0.1) is 6.92 Å². The van der Waals surface area contributed by atoms with Gasteiger partial charge in [-0.25, -0.2) is 0 Å². The van der Waals surface area contributed by atoms with Gasteiger partial charge in [0.15, 0.2) is 0 Å². The first-order valence-electron chi connectivity index (χ1n) is 4.92. The molecule has 1 heterocycles.